The number of carbonyl (C=O) groups is 5. The molecule has 1 atom stereocenters. The number of benzene rings is 1. The van der Waals surface area contributed by atoms with Crippen molar-refractivity contribution < 1.29 is 28.8 Å². The SMILES string of the molecule is CC1CC(=O)N(OC(=O)CCCc2ccc(N3C(=O)C=CC3=O)cc2)C1=O. The Morgan fingerprint density at radius 3 is 2.26 bits per heavy atom. The van der Waals surface area contributed by atoms with E-state index in [2.05, 4.69) is 0 Å². The Morgan fingerprint density at radius 2 is 1.70 bits per heavy atom. The standard InChI is InChI=1S/C19H18N2O6/c1-12-11-17(24)21(19(12)26)27-18(25)4-2-3-13-5-7-14(8-6-13)20-15(22)9-10-16(20)23/h5-10,12H,2-4,11H2,1H3. The second-order valence-electron chi connectivity index (χ2n) is 6.46. The summed E-state index contributed by atoms with van der Waals surface area (Å²) in [6, 6.07) is 6.88. The van der Waals surface area contributed by atoms with Crippen molar-refractivity contribution in [1.29, 1.82) is 0 Å². The molecule has 0 aromatic heterocycles. The van der Waals surface area contributed by atoms with E-state index in [9.17, 15) is 24.0 Å². The molecule has 2 aliphatic rings. The first-order valence-electron chi connectivity index (χ1n) is 8.59. The summed E-state index contributed by atoms with van der Waals surface area (Å²) in [5.41, 5.74) is 1.40. The smallest absolute Gasteiger partial charge is 0.330 e. The third-order valence-electron chi connectivity index (χ3n) is 4.37. The van der Waals surface area contributed by atoms with E-state index in [-0.39, 0.29) is 24.7 Å². The van der Waals surface area contributed by atoms with Gasteiger partial charge < -0.3 is 4.84 Å². The lowest BCUT2D eigenvalue weighted by molar-refractivity contribution is -0.198. The molecule has 0 N–H and O–H groups in total. The molecule has 2 heterocycles. The van der Waals surface area contributed by atoms with Crippen LogP contribution in [-0.4, -0.2) is 34.7 Å². The van der Waals surface area contributed by atoms with E-state index in [1.807, 2.05) is 0 Å². The molecule has 0 spiro atoms. The Balaban J connectivity index is 1.47. The molecule has 1 saturated heterocycles. The number of nitrogens with zero attached hydrogens (tertiary/aromatic N) is 2. The fourth-order valence-electron chi connectivity index (χ4n) is 2.90. The molecule has 1 unspecified atom stereocenters. The van der Waals surface area contributed by atoms with Crippen LogP contribution in [0.5, 0.6) is 0 Å². The Labute approximate surface area is 155 Å². The fraction of sp³-hybridized carbons (Fsp3) is 0.316. The number of aryl methyl sites for hydroxylation is 1. The third-order valence-corrected chi connectivity index (χ3v) is 4.37. The zero-order chi connectivity index (χ0) is 19.6. The van der Waals surface area contributed by atoms with E-state index in [1.165, 1.54) is 12.2 Å². The van der Waals surface area contributed by atoms with Gasteiger partial charge in [0.25, 0.3) is 23.6 Å². The quantitative estimate of drug-likeness (QED) is 0.700. The molecule has 4 amide bonds. The molecule has 1 aromatic rings. The summed E-state index contributed by atoms with van der Waals surface area (Å²) < 4.78 is 0. The lowest BCUT2D eigenvalue weighted by atomic mass is 10.1. The van der Waals surface area contributed by atoms with Crippen LogP contribution in [0.15, 0.2) is 36.4 Å². The lowest BCUT2D eigenvalue weighted by Crippen LogP contribution is -2.33. The van der Waals surface area contributed by atoms with E-state index in [0.29, 0.717) is 23.6 Å². The van der Waals surface area contributed by atoms with Crippen LogP contribution in [-0.2, 0) is 35.2 Å². The first-order valence-corrected chi connectivity index (χ1v) is 8.59. The predicted octanol–water partition coefficient (Wildman–Crippen LogP) is 1.29. The van der Waals surface area contributed by atoms with Crippen molar-refractivity contribution in [2.24, 2.45) is 5.92 Å². The molecule has 0 radical (unpaired) electrons. The van der Waals surface area contributed by atoms with Gasteiger partial charge in [-0.2, -0.15) is 0 Å². The Hall–Kier alpha value is -3.29. The van der Waals surface area contributed by atoms with Gasteiger partial charge >= 0.3 is 5.97 Å². The molecule has 27 heavy (non-hydrogen) atoms. The molecule has 140 valence electrons. The van der Waals surface area contributed by atoms with Crippen LogP contribution >= 0.6 is 0 Å². The summed E-state index contributed by atoms with van der Waals surface area (Å²) in [5, 5.41) is 0.555. The number of rotatable bonds is 6. The minimum absolute atomic E-state index is 0.0516. The van der Waals surface area contributed by atoms with Crippen molar-refractivity contribution >= 4 is 35.3 Å². The van der Waals surface area contributed by atoms with Crippen molar-refractivity contribution in [2.45, 2.75) is 32.6 Å². The highest BCUT2D eigenvalue weighted by Crippen LogP contribution is 2.21. The van der Waals surface area contributed by atoms with Gasteiger partial charge in [0.2, 0.25) is 0 Å². The molecule has 8 heteroatoms. The average molecular weight is 370 g/mol. The second-order valence-corrected chi connectivity index (χ2v) is 6.46. The van der Waals surface area contributed by atoms with Gasteiger partial charge in [-0.3, -0.25) is 19.2 Å². The summed E-state index contributed by atoms with van der Waals surface area (Å²) in [4.78, 5) is 64.3. The molecule has 0 bridgehead atoms. The zero-order valence-electron chi connectivity index (χ0n) is 14.7. The summed E-state index contributed by atoms with van der Waals surface area (Å²) >= 11 is 0. The van der Waals surface area contributed by atoms with Crippen LogP contribution in [0.1, 0.15) is 31.7 Å². The largest absolute Gasteiger partial charge is 0.333 e. The van der Waals surface area contributed by atoms with E-state index in [1.54, 1.807) is 31.2 Å². The van der Waals surface area contributed by atoms with Crippen molar-refractivity contribution in [2.75, 3.05) is 4.90 Å². The lowest BCUT2D eigenvalue weighted by Gasteiger charge is -2.14. The van der Waals surface area contributed by atoms with Crippen molar-refractivity contribution in [3.05, 3.63) is 42.0 Å². The predicted molar refractivity (Wildman–Crippen MR) is 92.7 cm³/mol. The van der Waals surface area contributed by atoms with Gasteiger partial charge in [0.15, 0.2) is 0 Å². The number of imide groups is 2. The van der Waals surface area contributed by atoms with E-state index in [4.69, 9.17) is 4.84 Å². The van der Waals surface area contributed by atoms with Crippen LogP contribution in [0.4, 0.5) is 5.69 Å². The Morgan fingerprint density at radius 1 is 1.07 bits per heavy atom. The number of carbonyl (C=O) groups excluding carboxylic acids is 5. The van der Waals surface area contributed by atoms with Gasteiger partial charge in [-0.05, 0) is 30.5 Å². The van der Waals surface area contributed by atoms with Crippen LogP contribution < -0.4 is 4.90 Å². The Kier molecular flexibility index (Phi) is 5.16. The second kappa shape index (κ2) is 7.53. The first-order chi connectivity index (χ1) is 12.9. The monoisotopic (exact) mass is 370 g/mol. The minimum Gasteiger partial charge on any atom is -0.330 e. The summed E-state index contributed by atoms with van der Waals surface area (Å²) in [7, 11) is 0. The molecule has 1 fully saturated rings. The van der Waals surface area contributed by atoms with Crippen LogP contribution in [0.3, 0.4) is 0 Å². The molecule has 0 aliphatic carbocycles. The van der Waals surface area contributed by atoms with Crippen LogP contribution in [0, 0.1) is 5.92 Å². The highest BCUT2D eigenvalue weighted by Gasteiger charge is 2.38. The normalized spacial score (nSPS) is 19.4. The maximum Gasteiger partial charge on any atom is 0.333 e. The minimum atomic E-state index is -0.637. The van der Waals surface area contributed by atoms with E-state index in [0.717, 1.165) is 10.5 Å². The van der Waals surface area contributed by atoms with Gasteiger partial charge in [0.05, 0.1) is 5.69 Å². The summed E-state index contributed by atoms with van der Waals surface area (Å²) in [6.45, 7) is 1.61. The fourth-order valence-corrected chi connectivity index (χ4v) is 2.90. The molecule has 0 saturated carbocycles. The van der Waals surface area contributed by atoms with Gasteiger partial charge in [-0.25, -0.2) is 9.69 Å². The topological polar surface area (TPSA) is 101 Å². The number of hydrogen-bond acceptors (Lipinski definition) is 6. The number of amides is 4. The molecule has 3 rings (SSSR count). The number of hydrogen-bond donors (Lipinski definition) is 0. The van der Waals surface area contributed by atoms with E-state index < -0.39 is 23.7 Å². The highest BCUT2D eigenvalue weighted by molar-refractivity contribution is 6.28. The van der Waals surface area contributed by atoms with E-state index >= 15 is 0 Å². The zero-order valence-corrected chi connectivity index (χ0v) is 14.7. The highest BCUT2D eigenvalue weighted by atomic mass is 16.7. The summed E-state index contributed by atoms with van der Waals surface area (Å²) in [5.74, 6) is -2.86. The molecular formula is C19H18N2O6. The summed E-state index contributed by atoms with van der Waals surface area (Å²) in [6.07, 6.45) is 3.58. The van der Waals surface area contributed by atoms with Crippen LogP contribution in [0.2, 0.25) is 0 Å². The maximum atomic E-state index is 11.8. The Bertz CT molecular complexity index is 824. The van der Waals surface area contributed by atoms with Gasteiger partial charge in [0.1, 0.15) is 0 Å². The van der Waals surface area contributed by atoms with Gasteiger partial charge in [-0.15, -0.1) is 5.06 Å². The van der Waals surface area contributed by atoms with Crippen LogP contribution in [0.25, 0.3) is 0 Å². The number of anilines is 1. The van der Waals surface area contributed by atoms with Crippen molar-refractivity contribution in [1.82, 2.24) is 5.06 Å². The molecule has 2 aliphatic heterocycles. The molecule has 1 aromatic carbocycles. The number of hydroxylamine groups is 2. The molecular weight excluding hydrogens is 352 g/mol. The third kappa shape index (κ3) is 3.94. The van der Waals surface area contributed by atoms with Gasteiger partial charge in [-0.1, -0.05) is 19.1 Å². The molecule has 8 nitrogen and oxygen atoms in total. The average Bonchev–Trinajstić information content (AvgIpc) is 3.09. The maximum absolute atomic E-state index is 11.8. The first kappa shape index (κ1) is 18.5. The van der Waals surface area contributed by atoms with Gasteiger partial charge in [0, 0.05) is 30.9 Å². The van der Waals surface area contributed by atoms with Crippen molar-refractivity contribution in [3.63, 3.8) is 0 Å². The van der Waals surface area contributed by atoms with Crippen molar-refractivity contribution in [3.8, 4) is 0 Å².